The van der Waals surface area contributed by atoms with Crippen molar-refractivity contribution in [1.29, 1.82) is 0 Å². The van der Waals surface area contributed by atoms with Crippen LogP contribution in [0.15, 0.2) is 16.3 Å². The van der Waals surface area contributed by atoms with Crippen LogP contribution < -0.4 is 5.32 Å². The zero-order valence-corrected chi connectivity index (χ0v) is 14.6. The van der Waals surface area contributed by atoms with Crippen molar-refractivity contribution in [1.82, 2.24) is 9.62 Å². The van der Waals surface area contributed by atoms with Crippen LogP contribution in [0.1, 0.15) is 32.6 Å². The van der Waals surface area contributed by atoms with E-state index in [1.165, 1.54) is 15.6 Å². The summed E-state index contributed by atoms with van der Waals surface area (Å²) in [5.41, 5.74) is 0. The van der Waals surface area contributed by atoms with Crippen LogP contribution in [0.2, 0.25) is 0 Å². The fraction of sp³-hybridized carbons (Fsp3) is 0.714. The lowest BCUT2D eigenvalue weighted by molar-refractivity contribution is -0.0440. The predicted octanol–water partition coefficient (Wildman–Crippen LogP) is 2.04. The third-order valence-electron chi connectivity index (χ3n) is 3.34. The number of hydrogen-bond donors (Lipinski definition) is 1. The minimum Gasteiger partial charge on any atom is -0.373 e. The van der Waals surface area contributed by atoms with Gasteiger partial charge in [-0.15, -0.1) is 11.3 Å². The highest BCUT2D eigenvalue weighted by molar-refractivity contribution is 7.89. The monoisotopic (exact) mass is 332 g/mol. The Balaban J connectivity index is 2.12. The van der Waals surface area contributed by atoms with E-state index in [2.05, 4.69) is 19.2 Å². The van der Waals surface area contributed by atoms with Crippen LogP contribution in [0, 0.1) is 0 Å². The van der Waals surface area contributed by atoms with Crippen molar-refractivity contribution in [2.45, 2.75) is 57.4 Å². The minimum absolute atomic E-state index is 0.0655. The van der Waals surface area contributed by atoms with Gasteiger partial charge in [0.15, 0.2) is 0 Å². The Morgan fingerprint density at radius 1 is 1.38 bits per heavy atom. The van der Waals surface area contributed by atoms with E-state index in [0.29, 0.717) is 30.6 Å². The first kappa shape index (κ1) is 16.9. The van der Waals surface area contributed by atoms with Crippen LogP contribution in [-0.2, 0) is 21.3 Å². The first-order valence-corrected chi connectivity index (χ1v) is 9.57. The van der Waals surface area contributed by atoms with Gasteiger partial charge >= 0.3 is 0 Å². The third kappa shape index (κ3) is 4.26. The van der Waals surface area contributed by atoms with E-state index < -0.39 is 10.0 Å². The number of nitrogens with zero attached hydrogens (tertiary/aromatic N) is 1. The summed E-state index contributed by atoms with van der Waals surface area (Å²) in [6.07, 6.45) is -0.131. The molecule has 1 aliphatic rings. The molecule has 1 aromatic rings. The maximum absolute atomic E-state index is 12.7. The highest BCUT2D eigenvalue weighted by Gasteiger charge is 2.32. The number of nitrogens with one attached hydrogen (secondary N) is 1. The van der Waals surface area contributed by atoms with E-state index in [9.17, 15) is 8.42 Å². The lowest BCUT2D eigenvalue weighted by atomic mass is 10.3. The van der Waals surface area contributed by atoms with Crippen molar-refractivity contribution < 1.29 is 13.2 Å². The first-order valence-electron chi connectivity index (χ1n) is 7.25. The molecule has 1 N–H and O–H groups in total. The third-order valence-corrected chi connectivity index (χ3v) is 6.23. The Bertz CT molecular complexity index is 559. The van der Waals surface area contributed by atoms with Gasteiger partial charge in [-0.3, -0.25) is 0 Å². The molecule has 21 heavy (non-hydrogen) atoms. The van der Waals surface area contributed by atoms with E-state index >= 15 is 0 Å². The van der Waals surface area contributed by atoms with E-state index in [1.54, 1.807) is 11.4 Å². The Morgan fingerprint density at radius 2 is 2.00 bits per heavy atom. The van der Waals surface area contributed by atoms with Gasteiger partial charge in [0.2, 0.25) is 10.0 Å². The molecule has 2 rings (SSSR count). The smallest absolute Gasteiger partial charge is 0.244 e. The molecule has 0 saturated carbocycles. The SMILES string of the molecule is CC(C)NCc1cc(S(=O)(=O)N2CC(C)OC(C)C2)cs1. The van der Waals surface area contributed by atoms with Gasteiger partial charge in [0.25, 0.3) is 0 Å². The average Bonchev–Trinajstić information content (AvgIpc) is 2.84. The first-order chi connectivity index (χ1) is 9.79. The van der Waals surface area contributed by atoms with Crippen molar-refractivity contribution >= 4 is 21.4 Å². The molecule has 2 heterocycles. The minimum atomic E-state index is -3.41. The molecule has 0 aromatic carbocycles. The Morgan fingerprint density at radius 3 is 2.57 bits per heavy atom. The normalized spacial score (nSPS) is 24.6. The lowest BCUT2D eigenvalue weighted by Crippen LogP contribution is -2.47. The maximum Gasteiger partial charge on any atom is 0.244 e. The van der Waals surface area contributed by atoms with Crippen molar-refractivity contribution in [2.75, 3.05) is 13.1 Å². The summed E-state index contributed by atoms with van der Waals surface area (Å²) in [5.74, 6) is 0. The molecule has 0 bridgehead atoms. The van der Waals surface area contributed by atoms with Crippen molar-refractivity contribution in [2.24, 2.45) is 0 Å². The highest BCUT2D eigenvalue weighted by Crippen LogP contribution is 2.25. The molecule has 5 nitrogen and oxygen atoms in total. The number of sulfonamides is 1. The van der Waals surface area contributed by atoms with E-state index in [4.69, 9.17) is 4.74 Å². The molecule has 1 aliphatic heterocycles. The number of thiophene rings is 1. The number of hydrogen-bond acceptors (Lipinski definition) is 5. The molecule has 0 aliphatic carbocycles. The summed E-state index contributed by atoms with van der Waals surface area (Å²) < 4.78 is 32.5. The number of rotatable bonds is 5. The van der Waals surface area contributed by atoms with Gasteiger partial charge in [-0.2, -0.15) is 4.31 Å². The van der Waals surface area contributed by atoms with Crippen molar-refractivity contribution in [3.05, 3.63) is 16.3 Å². The number of ether oxygens (including phenoxy) is 1. The van der Waals surface area contributed by atoms with Crippen LogP contribution in [-0.4, -0.2) is 44.1 Å². The van der Waals surface area contributed by atoms with Gasteiger partial charge in [0.1, 0.15) is 0 Å². The Labute approximate surface area is 131 Å². The largest absolute Gasteiger partial charge is 0.373 e. The molecule has 0 spiro atoms. The topological polar surface area (TPSA) is 58.6 Å². The molecule has 2 atom stereocenters. The Hall–Kier alpha value is -0.470. The molecule has 7 heteroatoms. The standard InChI is InChI=1S/C14H24N2O3S2/c1-10(2)15-6-13-5-14(9-20-13)21(17,18)16-7-11(3)19-12(4)8-16/h5,9-12,15H,6-8H2,1-4H3. The lowest BCUT2D eigenvalue weighted by Gasteiger charge is -2.34. The molecule has 0 radical (unpaired) electrons. The molecular formula is C14H24N2O3S2. The predicted molar refractivity (Wildman–Crippen MR) is 85.1 cm³/mol. The van der Waals surface area contributed by atoms with Gasteiger partial charge < -0.3 is 10.1 Å². The molecular weight excluding hydrogens is 308 g/mol. The zero-order valence-electron chi connectivity index (χ0n) is 13.0. The van der Waals surface area contributed by atoms with Gasteiger partial charge in [-0.1, -0.05) is 13.8 Å². The van der Waals surface area contributed by atoms with E-state index in [-0.39, 0.29) is 12.2 Å². The van der Waals surface area contributed by atoms with Crippen LogP contribution in [0.5, 0.6) is 0 Å². The maximum atomic E-state index is 12.7. The summed E-state index contributed by atoms with van der Waals surface area (Å²) in [6, 6.07) is 2.16. The fourth-order valence-electron chi connectivity index (χ4n) is 2.37. The molecule has 2 unspecified atom stereocenters. The van der Waals surface area contributed by atoms with Crippen LogP contribution >= 0.6 is 11.3 Å². The number of morpholine rings is 1. The Kier molecular flexibility index (Phi) is 5.43. The quantitative estimate of drug-likeness (QED) is 0.896. The second-order valence-corrected chi connectivity index (χ2v) is 8.80. The summed E-state index contributed by atoms with van der Waals surface area (Å²) in [7, 11) is -3.41. The van der Waals surface area contributed by atoms with Gasteiger partial charge in [0, 0.05) is 35.9 Å². The molecule has 1 saturated heterocycles. The van der Waals surface area contributed by atoms with Crippen molar-refractivity contribution in [3.63, 3.8) is 0 Å². The molecule has 1 fully saturated rings. The summed E-state index contributed by atoms with van der Waals surface area (Å²) >= 11 is 1.48. The van der Waals surface area contributed by atoms with Gasteiger partial charge in [0.05, 0.1) is 17.1 Å². The van der Waals surface area contributed by atoms with Gasteiger partial charge in [-0.25, -0.2) is 8.42 Å². The van der Waals surface area contributed by atoms with Crippen molar-refractivity contribution in [3.8, 4) is 0 Å². The van der Waals surface area contributed by atoms with E-state index in [1.807, 2.05) is 13.8 Å². The second kappa shape index (κ2) is 6.75. The summed E-state index contributed by atoms with van der Waals surface area (Å²) in [6.45, 7) is 9.50. The van der Waals surface area contributed by atoms with Crippen LogP contribution in [0.3, 0.4) is 0 Å². The molecule has 0 amide bonds. The fourth-order valence-corrected chi connectivity index (χ4v) is 5.17. The summed E-state index contributed by atoms with van der Waals surface area (Å²) in [4.78, 5) is 1.44. The highest BCUT2D eigenvalue weighted by atomic mass is 32.2. The molecule has 120 valence electrons. The van der Waals surface area contributed by atoms with E-state index in [0.717, 1.165) is 4.88 Å². The second-order valence-electron chi connectivity index (χ2n) is 5.86. The summed E-state index contributed by atoms with van der Waals surface area (Å²) in [5, 5.41) is 5.04. The van der Waals surface area contributed by atoms with Gasteiger partial charge in [-0.05, 0) is 19.9 Å². The zero-order chi connectivity index (χ0) is 15.6. The average molecular weight is 332 g/mol. The molecule has 1 aromatic heterocycles. The van der Waals surface area contributed by atoms with Crippen LogP contribution in [0.25, 0.3) is 0 Å². The van der Waals surface area contributed by atoms with Crippen LogP contribution in [0.4, 0.5) is 0 Å².